The van der Waals surface area contributed by atoms with Crippen LogP contribution in [-0.4, -0.2) is 18.5 Å². The summed E-state index contributed by atoms with van der Waals surface area (Å²) in [5.74, 6) is 0.610. The standard InChI is InChI=1S/C10H22N2O/c1-4-5-10(13)12-9(6-7-11)8(2)3/h8-9H,4-7,11H2,1-3H3,(H,12,13). The molecule has 0 saturated carbocycles. The average Bonchev–Trinajstić information content (AvgIpc) is 2.04. The Hall–Kier alpha value is -0.570. The molecule has 0 heterocycles. The summed E-state index contributed by atoms with van der Waals surface area (Å²) in [6, 6.07) is 0.240. The molecule has 78 valence electrons. The maximum atomic E-state index is 11.3. The third-order valence-electron chi connectivity index (χ3n) is 2.11. The van der Waals surface area contributed by atoms with Gasteiger partial charge in [0.05, 0.1) is 0 Å². The van der Waals surface area contributed by atoms with Crippen molar-refractivity contribution in [2.24, 2.45) is 11.7 Å². The molecule has 1 amide bonds. The minimum absolute atomic E-state index is 0.148. The van der Waals surface area contributed by atoms with Crippen LogP contribution in [0.5, 0.6) is 0 Å². The number of amides is 1. The summed E-state index contributed by atoms with van der Waals surface area (Å²) in [5, 5.41) is 3.00. The van der Waals surface area contributed by atoms with Crippen LogP contribution in [0.4, 0.5) is 0 Å². The van der Waals surface area contributed by atoms with Crippen LogP contribution in [0.1, 0.15) is 40.0 Å². The Morgan fingerprint density at radius 1 is 1.46 bits per heavy atom. The van der Waals surface area contributed by atoms with E-state index >= 15 is 0 Å². The predicted molar refractivity (Wildman–Crippen MR) is 55.3 cm³/mol. The van der Waals surface area contributed by atoms with Crippen molar-refractivity contribution in [3.63, 3.8) is 0 Å². The summed E-state index contributed by atoms with van der Waals surface area (Å²) in [4.78, 5) is 11.3. The van der Waals surface area contributed by atoms with Crippen LogP contribution in [0.15, 0.2) is 0 Å². The van der Waals surface area contributed by atoms with Gasteiger partial charge < -0.3 is 11.1 Å². The molecule has 3 heteroatoms. The second-order valence-electron chi connectivity index (χ2n) is 3.75. The van der Waals surface area contributed by atoms with Crippen LogP contribution in [0.3, 0.4) is 0 Å². The zero-order valence-electron chi connectivity index (χ0n) is 8.97. The van der Waals surface area contributed by atoms with E-state index in [1.165, 1.54) is 0 Å². The third-order valence-corrected chi connectivity index (χ3v) is 2.11. The number of nitrogens with one attached hydrogen (secondary N) is 1. The molecule has 0 aromatic carbocycles. The fourth-order valence-electron chi connectivity index (χ4n) is 1.26. The molecule has 0 aliphatic heterocycles. The van der Waals surface area contributed by atoms with E-state index in [4.69, 9.17) is 5.73 Å². The third kappa shape index (κ3) is 5.64. The summed E-state index contributed by atoms with van der Waals surface area (Å²) in [5.41, 5.74) is 5.47. The lowest BCUT2D eigenvalue weighted by molar-refractivity contribution is -0.122. The van der Waals surface area contributed by atoms with Crippen LogP contribution >= 0.6 is 0 Å². The molecule has 0 rings (SSSR count). The summed E-state index contributed by atoms with van der Waals surface area (Å²) in [7, 11) is 0. The second kappa shape index (κ2) is 6.89. The van der Waals surface area contributed by atoms with Gasteiger partial charge in [-0.15, -0.1) is 0 Å². The molecule has 0 bridgehead atoms. The lowest BCUT2D eigenvalue weighted by atomic mass is 10.0. The van der Waals surface area contributed by atoms with Crippen LogP contribution in [0, 0.1) is 5.92 Å². The molecular formula is C10H22N2O. The fraction of sp³-hybridized carbons (Fsp3) is 0.900. The maximum absolute atomic E-state index is 11.3. The van der Waals surface area contributed by atoms with Crippen molar-refractivity contribution in [1.29, 1.82) is 0 Å². The van der Waals surface area contributed by atoms with E-state index < -0.39 is 0 Å². The summed E-state index contributed by atoms with van der Waals surface area (Å²) < 4.78 is 0. The lowest BCUT2D eigenvalue weighted by Crippen LogP contribution is -2.39. The second-order valence-corrected chi connectivity index (χ2v) is 3.75. The van der Waals surface area contributed by atoms with Crippen molar-refractivity contribution in [3.8, 4) is 0 Å². The first kappa shape index (κ1) is 12.4. The van der Waals surface area contributed by atoms with Crippen molar-refractivity contribution in [1.82, 2.24) is 5.32 Å². The number of carbonyl (C=O) groups is 1. The van der Waals surface area contributed by atoms with E-state index in [9.17, 15) is 4.79 Å². The Morgan fingerprint density at radius 3 is 2.46 bits per heavy atom. The fourth-order valence-corrected chi connectivity index (χ4v) is 1.26. The topological polar surface area (TPSA) is 55.1 Å². The number of hydrogen-bond acceptors (Lipinski definition) is 2. The average molecular weight is 186 g/mol. The van der Waals surface area contributed by atoms with Crippen molar-refractivity contribution < 1.29 is 4.79 Å². The highest BCUT2D eigenvalue weighted by Gasteiger charge is 2.14. The Balaban J connectivity index is 3.86. The van der Waals surface area contributed by atoms with Crippen LogP contribution in [0.2, 0.25) is 0 Å². The molecule has 0 saturated heterocycles. The van der Waals surface area contributed by atoms with Gasteiger partial charge in [-0.25, -0.2) is 0 Å². The van der Waals surface area contributed by atoms with Gasteiger partial charge in [-0.05, 0) is 25.3 Å². The molecule has 0 fully saturated rings. The van der Waals surface area contributed by atoms with Crippen LogP contribution < -0.4 is 11.1 Å². The first-order valence-electron chi connectivity index (χ1n) is 5.11. The number of rotatable bonds is 6. The first-order valence-corrected chi connectivity index (χ1v) is 5.11. The van der Waals surface area contributed by atoms with Gasteiger partial charge in [0.15, 0.2) is 0 Å². The number of nitrogens with two attached hydrogens (primary N) is 1. The van der Waals surface area contributed by atoms with Crippen LogP contribution in [0.25, 0.3) is 0 Å². The van der Waals surface area contributed by atoms with Gasteiger partial charge in [0, 0.05) is 12.5 Å². The van der Waals surface area contributed by atoms with Gasteiger partial charge >= 0.3 is 0 Å². The minimum Gasteiger partial charge on any atom is -0.353 e. The van der Waals surface area contributed by atoms with Gasteiger partial charge in [0.25, 0.3) is 0 Å². The Morgan fingerprint density at radius 2 is 2.08 bits per heavy atom. The molecule has 3 N–H and O–H groups in total. The molecule has 1 unspecified atom stereocenters. The van der Waals surface area contributed by atoms with Gasteiger partial charge in [0.2, 0.25) is 5.91 Å². The Bertz CT molecular complexity index is 146. The molecule has 0 aromatic rings. The van der Waals surface area contributed by atoms with E-state index in [0.29, 0.717) is 18.9 Å². The van der Waals surface area contributed by atoms with Gasteiger partial charge in [-0.2, -0.15) is 0 Å². The molecule has 0 spiro atoms. The van der Waals surface area contributed by atoms with E-state index in [2.05, 4.69) is 19.2 Å². The summed E-state index contributed by atoms with van der Waals surface area (Å²) in [6.45, 7) is 6.85. The quantitative estimate of drug-likeness (QED) is 0.656. The van der Waals surface area contributed by atoms with Gasteiger partial charge in [-0.1, -0.05) is 20.8 Å². The largest absolute Gasteiger partial charge is 0.353 e. The molecule has 13 heavy (non-hydrogen) atoms. The zero-order chi connectivity index (χ0) is 10.3. The van der Waals surface area contributed by atoms with Crippen LogP contribution in [-0.2, 0) is 4.79 Å². The van der Waals surface area contributed by atoms with Crippen molar-refractivity contribution in [2.45, 2.75) is 46.1 Å². The molecular weight excluding hydrogens is 164 g/mol. The summed E-state index contributed by atoms with van der Waals surface area (Å²) >= 11 is 0. The summed E-state index contributed by atoms with van der Waals surface area (Å²) in [6.07, 6.45) is 2.39. The van der Waals surface area contributed by atoms with Gasteiger partial charge in [0.1, 0.15) is 0 Å². The van der Waals surface area contributed by atoms with Gasteiger partial charge in [-0.3, -0.25) is 4.79 Å². The zero-order valence-corrected chi connectivity index (χ0v) is 8.97. The van der Waals surface area contributed by atoms with E-state index in [1.54, 1.807) is 0 Å². The molecule has 0 radical (unpaired) electrons. The van der Waals surface area contributed by atoms with E-state index in [0.717, 1.165) is 12.8 Å². The van der Waals surface area contributed by atoms with Crippen molar-refractivity contribution in [2.75, 3.05) is 6.54 Å². The molecule has 0 aliphatic rings. The number of hydrogen-bond donors (Lipinski definition) is 2. The molecule has 3 nitrogen and oxygen atoms in total. The highest BCUT2D eigenvalue weighted by molar-refractivity contribution is 5.76. The Kier molecular flexibility index (Phi) is 6.59. The molecule has 1 atom stereocenters. The lowest BCUT2D eigenvalue weighted by Gasteiger charge is -2.21. The van der Waals surface area contributed by atoms with E-state index in [1.807, 2.05) is 6.92 Å². The normalized spacial score (nSPS) is 13.0. The molecule has 0 aliphatic carbocycles. The SMILES string of the molecule is CCCC(=O)NC(CCN)C(C)C. The van der Waals surface area contributed by atoms with Crippen molar-refractivity contribution >= 4 is 5.91 Å². The monoisotopic (exact) mass is 186 g/mol. The number of carbonyl (C=O) groups excluding carboxylic acids is 1. The predicted octanol–water partition coefficient (Wildman–Crippen LogP) is 1.28. The molecule has 0 aromatic heterocycles. The van der Waals surface area contributed by atoms with Crippen molar-refractivity contribution in [3.05, 3.63) is 0 Å². The Labute approximate surface area is 81.1 Å². The highest BCUT2D eigenvalue weighted by atomic mass is 16.1. The minimum atomic E-state index is 0.148. The van der Waals surface area contributed by atoms with E-state index in [-0.39, 0.29) is 11.9 Å². The first-order chi connectivity index (χ1) is 6.11. The maximum Gasteiger partial charge on any atom is 0.220 e. The highest BCUT2D eigenvalue weighted by Crippen LogP contribution is 2.05. The smallest absolute Gasteiger partial charge is 0.220 e.